The van der Waals surface area contributed by atoms with Gasteiger partial charge in [-0.25, -0.2) is 4.99 Å². The number of rotatable bonds is 7. The van der Waals surface area contributed by atoms with E-state index in [9.17, 15) is 0 Å². The van der Waals surface area contributed by atoms with Crippen LogP contribution in [0.4, 0.5) is 5.69 Å². The largest absolute Gasteiger partial charge is 0.494 e. The highest BCUT2D eigenvalue weighted by Crippen LogP contribution is 2.27. The number of hydrogen-bond donors (Lipinski definition) is 0. The first-order valence-corrected chi connectivity index (χ1v) is 9.83. The van der Waals surface area contributed by atoms with Crippen LogP contribution >= 0.6 is 43.9 Å². The van der Waals surface area contributed by atoms with Gasteiger partial charge in [-0.1, -0.05) is 70.1 Å². The van der Waals surface area contributed by atoms with Crippen LogP contribution in [0.15, 0.2) is 29.3 Å². The van der Waals surface area contributed by atoms with Crippen molar-refractivity contribution in [2.45, 2.75) is 32.6 Å². The number of halogens is 2. The summed E-state index contributed by atoms with van der Waals surface area (Å²) >= 11 is 12.0. The molecule has 0 aliphatic rings. The molecule has 0 bridgehead atoms. The molecule has 1 aromatic heterocycles. The molecule has 0 radical (unpaired) electrons. The second-order valence-electron chi connectivity index (χ2n) is 4.57. The van der Waals surface area contributed by atoms with Gasteiger partial charge in [0.2, 0.25) is 0 Å². The lowest BCUT2D eigenvalue weighted by molar-refractivity contribution is 0.305. The van der Waals surface area contributed by atoms with E-state index in [1.807, 2.05) is 24.3 Å². The Bertz CT molecular complexity index is 619. The van der Waals surface area contributed by atoms with Crippen molar-refractivity contribution in [1.82, 2.24) is 0 Å². The number of hydrogen-bond acceptors (Lipinski definition) is 4. The zero-order valence-corrected chi connectivity index (χ0v) is 14.9. The second-order valence-corrected chi connectivity index (χ2v) is 7.68. The number of ether oxygens (including phenoxy) is 1. The smallest absolute Gasteiger partial charge is 0.147 e. The first-order chi connectivity index (χ1) is 10.2. The Labute approximate surface area is 142 Å². The maximum Gasteiger partial charge on any atom is 0.147 e. The van der Waals surface area contributed by atoms with E-state index in [1.54, 1.807) is 0 Å². The molecule has 6 heteroatoms. The molecule has 0 atom stereocenters. The van der Waals surface area contributed by atoms with Crippen molar-refractivity contribution in [2.75, 3.05) is 6.61 Å². The Morgan fingerprint density at radius 2 is 1.81 bits per heavy atom. The molecule has 21 heavy (non-hydrogen) atoms. The number of benzene rings is 1. The molecule has 0 amide bonds. The van der Waals surface area contributed by atoms with Gasteiger partial charge in [-0.2, -0.15) is 0 Å². The summed E-state index contributed by atoms with van der Waals surface area (Å²) in [6.45, 7) is 2.97. The van der Waals surface area contributed by atoms with Gasteiger partial charge in [0.15, 0.2) is 0 Å². The predicted octanol–water partition coefficient (Wildman–Crippen LogP) is 6.31. The molecule has 0 unspecified atom stereocenters. The van der Waals surface area contributed by atoms with Crippen molar-refractivity contribution >= 4 is 49.6 Å². The van der Waals surface area contributed by atoms with Crippen LogP contribution in [0, 0.1) is 0 Å². The molecule has 2 rings (SSSR count). The van der Waals surface area contributed by atoms with Crippen LogP contribution < -0.4 is 9.41 Å². The van der Waals surface area contributed by atoms with Gasteiger partial charge in [-0.15, -0.1) is 0 Å². The van der Waals surface area contributed by atoms with E-state index >= 15 is 0 Å². The molecule has 0 spiro atoms. The summed E-state index contributed by atoms with van der Waals surface area (Å²) in [5.74, 6) is 0.878. The van der Waals surface area contributed by atoms with Gasteiger partial charge in [0.05, 0.1) is 12.3 Å². The first kappa shape index (κ1) is 16.8. The van der Waals surface area contributed by atoms with Crippen molar-refractivity contribution in [3.05, 3.63) is 38.3 Å². The summed E-state index contributed by atoms with van der Waals surface area (Å²) in [5, 5.41) is 0.530. The average Bonchev–Trinajstić information content (AvgIpc) is 2.81. The Kier molecular flexibility index (Phi) is 7.04. The van der Waals surface area contributed by atoms with Crippen LogP contribution in [0.1, 0.15) is 32.6 Å². The summed E-state index contributed by atoms with van der Waals surface area (Å²) in [7, 11) is 2.90. The van der Waals surface area contributed by atoms with E-state index in [-0.39, 0.29) is 0 Å². The number of nitrogens with zero attached hydrogens (tertiary/aromatic N) is 1. The van der Waals surface area contributed by atoms with E-state index in [0.717, 1.165) is 29.1 Å². The van der Waals surface area contributed by atoms with Crippen molar-refractivity contribution in [3.8, 4) is 5.75 Å². The molecule has 114 valence electrons. The maximum atomic E-state index is 6.07. The summed E-state index contributed by atoms with van der Waals surface area (Å²) in [6.07, 6.45) is 4.84. The van der Waals surface area contributed by atoms with Gasteiger partial charge in [0, 0.05) is 0 Å². The second kappa shape index (κ2) is 8.79. The fraction of sp³-hybridized carbons (Fsp3) is 0.400. The molecule has 0 aliphatic carbocycles. The minimum atomic E-state index is 0.530. The average molecular weight is 362 g/mol. The lowest BCUT2D eigenvalue weighted by Crippen LogP contribution is -1.97. The third-order valence-electron chi connectivity index (χ3n) is 2.89. The summed E-state index contributed by atoms with van der Waals surface area (Å²) in [4.78, 5) is 4.48. The van der Waals surface area contributed by atoms with Crippen LogP contribution in [0.5, 0.6) is 5.75 Å². The summed E-state index contributed by atoms with van der Waals surface area (Å²) in [6, 6.07) is 7.72. The molecule has 0 saturated carbocycles. The molecule has 2 nitrogen and oxygen atoms in total. The zero-order chi connectivity index (χ0) is 15.1. The lowest BCUT2D eigenvalue weighted by atomic mass is 10.2. The predicted molar refractivity (Wildman–Crippen MR) is 93.5 cm³/mol. The Balaban J connectivity index is 1.93. The van der Waals surface area contributed by atoms with E-state index in [4.69, 9.17) is 27.9 Å². The van der Waals surface area contributed by atoms with Gasteiger partial charge in [0.1, 0.15) is 19.8 Å². The van der Waals surface area contributed by atoms with Gasteiger partial charge in [-0.3, -0.25) is 0 Å². The van der Waals surface area contributed by atoms with Crippen LogP contribution in [-0.2, 0) is 0 Å². The Hall–Kier alpha value is -0.550. The molecule has 0 aliphatic heterocycles. The van der Waals surface area contributed by atoms with Gasteiger partial charge in [-0.05, 0) is 30.7 Å². The highest BCUT2D eigenvalue weighted by atomic mass is 35.5. The van der Waals surface area contributed by atoms with Crippen molar-refractivity contribution in [2.24, 2.45) is 4.99 Å². The molecule has 0 saturated heterocycles. The molecular weight excluding hydrogens is 345 g/mol. The SMILES string of the molecule is CCCCCCOc1ccc(N=c2ssc(Cl)c2Cl)cc1. The lowest BCUT2D eigenvalue weighted by Gasteiger charge is -2.05. The highest BCUT2D eigenvalue weighted by molar-refractivity contribution is 7.69. The van der Waals surface area contributed by atoms with Crippen LogP contribution in [0.3, 0.4) is 0 Å². The van der Waals surface area contributed by atoms with Crippen molar-refractivity contribution < 1.29 is 4.74 Å². The zero-order valence-electron chi connectivity index (χ0n) is 11.8. The first-order valence-electron chi connectivity index (χ1n) is 6.92. The quantitative estimate of drug-likeness (QED) is 0.418. The third-order valence-corrected chi connectivity index (χ3v) is 6.38. The summed E-state index contributed by atoms with van der Waals surface area (Å²) in [5.41, 5.74) is 0.848. The fourth-order valence-corrected chi connectivity index (χ4v) is 4.50. The van der Waals surface area contributed by atoms with Gasteiger partial charge >= 0.3 is 0 Å². The van der Waals surface area contributed by atoms with E-state index in [2.05, 4.69) is 11.9 Å². The Morgan fingerprint density at radius 3 is 2.43 bits per heavy atom. The van der Waals surface area contributed by atoms with Crippen molar-refractivity contribution in [1.29, 1.82) is 0 Å². The van der Waals surface area contributed by atoms with Crippen LogP contribution in [-0.4, -0.2) is 6.61 Å². The van der Waals surface area contributed by atoms with Crippen molar-refractivity contribution in [3.63, 3.8) is 0 Å². The fourth-order valence-electron chi connectivity index (χ4n) is 1.75. The Morgan fingerprint density at radius 1 is 1.05 bits per heavy atom. The van der Waals surface area contributed by atoms with E-state index < -0.39 is 0 Å². The maximum absolute atomic E-state index is 6.07. The third kappa shape index (κ3) is 5.29. The van der Waals surface area contributed by atoms with Crippen LogP contribution in [0.25, 0.3) is 0 Å². The molecule has 0 N–H and O–H groups in total. The van der Waals surface area contributed by atoms with E-state index in [1.165, 1.54) is 39.9 Å². The number of unbranched alkanes of at least 4 members (excludes halogenated alkanes) is 3. The molecule has 1 heterocycles. The normalized spacial score (nSPS) is 11.9. The van der Waals surface area contributed by atoms with E-state index in [0.29, 0.717) is 9.36 Å². The minimum Gasteiger partial charge on any atom is -0.494 e. The molecule has 0 fully saturated rings. The monoisotopic (exact) mass is 361 g/mol. The standard InChI is InChI=1S/C15H17Cl2NOS2/c1-2-3-4-5-10-19-12-8-6-11(7-9-12)18-15-13(16)14(17)20-21-15/h6-9H,2-5,10H2,1H3. The van der Waals surface area contributed by atoms with Crippen LogP contribution in [0.2, 0.25) is 9.36 Å². The molecule has 1 aromatic carbocycles. The molecule has 2 aromatic rings. The highest BCUT2D eigenvalue weighted by Gasteiger charge is 2.03. The van der Waals surface area contributed by atoms with Gasteiger partial charge in [0.25, 0.3) is 0 Å². The molecular formula is C15H17Cl2NOS2. The van der Waals surface area contributed by atoms with Gasteiger partial charge < -0.3 is 4.74 Å². The minimum absolute atomic E-state index is 0.530. The topological polar surface area (TPSA) is 21.6 Å². The summed E-state index contributed by atoms with van der Waals surface area (Å²) < 4.78 is 7.04.